The van der Waals surface area contributed by atoms with Crippen LogP contribution in [0.15, 0.2) is 25.3 Å². The van der Waals surface area contributed by atoms with Crippen molar-refractivity contribution in [3.8, 4) is 6.07 Å². The summed E-state index contributed by atoms with van der Waals surface area (Å²) >= 11 is 0. The molecule has 1 aliphatic heterocycles. The molecule has 0 bridgehead atoms. The van der Waals surface area contributed by atoms with E-state index in [9.17, 15) is 10.1 Å². The van der Waals surface area contributed by atoms with Gasteiger partial charge in [-0.05, 0) is 12.8 Å². The number of hydrogen-bond acceptors (Lipinski definition) is 3. The van der Waals surface area contributed by atoms with Crippen molar-refractivity contribution >= 4 is 5.91 Å². The fourth-order valence-corrected chi connectivity index (χ4v) is 1.95. The number of nitriles is 1. The van der Waals surface area contributed by atoms with Gasteiger partial charge in [-0.15, -0.1) is 13.2 Å². The monoisotopic (exact) mass is 234 g/mol. The molecule has 1 aliphatic rings. The Labute approximate surface area is 102 Å². The second-order valence-electron chi connectivity index (χ2n) is 4.09. The van der Waals surface area contributed by atoms with Crippen molar-refractivity contribution in [3.05, 3.63) is 25.3 Å². The third-order valence-corrected chi connectivity index (χ3v) is 2.96. The van der Waals surface area contributed by atoms with Crippen molar-refractivity contribution in [2.45, 2.75) is 12.8 Å². The van der Waals surface area contributed by atoms with E-state index in [-0.39, 0.29) is 5.91 Å². The van der Waals surface area contributed by atoms with E-state index in [0.29, 0.717) is 39.1 Å². The lowest BCUT2D eigenvalue weighted by Gasteiger charge is -2.33. The Morgan fingerprint density at radius 3 is 2.29 bits per heavy atom. The Kier molecular flexibility index (Phi) is 4.92. The van der Waals surface area contributed by atoms with Gasteiger partial charge >= 0.3 is 0 Å². The molecule has 0 aliphatic carbocycles. The fourth-order valence-electron chi connectivity index (χ4n) is 1.95. The predicted octanol–water partition coefficient (Wildman–Crippen LogP) is 1.51. The van der Waals surface area contributed by atoms with Crippen LogP contribution in [0.2, 0.25) is 0 Å². The molecule has 4 heteroatoms. The van der Waals surface area contributed by atoms with Gasteiger partial charge in [0.05, 0.1) is 6.07 Å². The molecule has 1 fully saturated rings. The molecular formula is C13H18N2O2. The molecule has 0 aromatic heterocycles. The summed E-state index contributed by atoms with van der Waals surface area (Å²) in [5, 5.41) is 9.29. The van der Waals surface area contributed by atoms with E-state index in [4.69, 9.17) is 4.74 Å². The normalized spacial score (nSPS) is 17.8. The predicted molar refractivity (Wildman–Crippen MR) is 65.1 cm³/mol. The minimum absolute atomic E-state index is 0.136. The summed E-state index contributed by atoms with van der Waals surface area (Å²) in [5.41, 5.74) is -0.926. The first kappa shape index (κ1) is 13.5. The molecule has 0 spiro atoms. The highest BCUT2D eigenvalue weighted by Gasteiger charge is 2.42. The maximum atomic E-state index is 12.4. The molecule has 92 valence electrons. The van der Waals surface area contributed by atoms with E-state index >= 15 is 0 Å². The van der Waals surface area contributed by atoms with Crippen LogP contribution in [0.4, 0.5) is 0 Å². The Balaban J connectivity index is 2.85. The van der Waals surface area contributed by atoms with Gasteiger partial charge in [-0.2, -0.15) is 5.26 Å². The van der Waals surface area contributed by atoms with Crippen LogP contribution in [0.25, 0.3) is 0 Å². The number of ether oxygens (including phenoxy) is 1. The molecule has 1 amide bonds. The molecule has 4 nitrogen and oxygen atoms in total. The lowest BCUT2D eigenvalue weighted by molar-refractivity contribution is -0.142. The SMILES string of the molecule is C=CCN(CC=C)C(=O)C1(C#N)CCOCC1. The molecule has 17 heavy (non-hydrogen) atoms. The van der Waals surface area contributed by atoms with Gasteiger partial charge in [0.25, 0.3) is 0 Å². The summed E-state index contributed by atoms with van der Waals surface area (Å²) < 4.78 is 5.21. The number of rotatable bonds is 5. The number of amides is 1. The molecule has 0 aromatic carbocycles. The third kappa shape index (κ3) is 2.95. The van der Waals surface area contributed by atoms with Gasteiger partial charge in [0.15, 0.2) is 0 Å². The molecule has 0 radical (unpaired) electrons. The van der Waals surface area contributed by atoms with Gasteiger partial charge in [0.1, 0.15) is 5.41 Å². The third-order valence-electron chi connectivity index (χ3n) is 2.96. The van der Waals surface area contributed by atoms with Gasteiger partial charge in [0.2, 0.25) is 5.91 Å². The smallest absolute Gasteiger partial charge is 0.243 e. The van der Waals surface area contributed by atoms with Crippen LogP contribution in [0, 0.1) is 16.7 Å². The average Bonchev–Trinajstić information content (AvgIpc) is 2.38. The highest BCUT2D eigenvalue weighted by atomic mass is 16.5. The van der Waals surface area contributed by atoms with Crippen molar-refractivity contribution in [2.24, 2.45) is 5.41 Å². The molecule has 1 heterocycles. The number of carbonyl (C=O) groups excluding carboxylic acids is 1. The standard InChI is InChI=1S/C13H18N2O2/c1-3-7-15(8-4-2)12(16)13(11-14)5-9-17-10-6-13/h3-4H,1-2,5-10H2. The number of hydrogen-bond donors (Lipinski definition) is 0. The molecule has 0 unspecified atom stereocenters. The van der Waals surface area contributed by atoms with Crippen molar-refractivity contribution in [1.29, 1.82) is 5.26 Å². The Bertz CT molecular complexity index is 328. The first-order chi connectivity index (χ1) is 8.20. The Hall–Kier alpha value is -1.60. The Morgan fingerprint density at radius 1 is 1.35 bits per heavy atom. The van der Waals surface area contributed by atoms with Gasteiger partial charge < -0.3 is 9.64 Å². The zero-order chi connectivity index (χ0) is 12.7. The molecular weight excluding hydrogens is 216 g/mol. The van der Waals surface area contributed by atoms with Gasteiger partial charge in [0, 0.05) is 26.3 Å². The van der Waals surface area contributed by atoms with E-state index in [1.54, 1.807) is 17.1 Å². The number of carbonyl (C=O) groups is 1. The van der Waals surface area contributed by atoms with Crippen LogP contribution in [-0.4, -0.2) is 37.1 Å². The minimum atomic E-state index is -0.926. The van der Waals surface area contributed by atoms with Gasteiger partial charge in [-0.25, -0.2) is 0 Å². The summed E-state index contributed by atoms with van der Waals surface area (Å²) in [5.74, 6) is -0.136. The summed E-state index contributed by atoms with van der Waals surface area (Å²) in [6.07, 6.45) is 4.25. The second-order valence-corrected chi connectivity index (χ2v) is 4.09. The van der Waals surface area contributed by atoms with Crippen LogP contribution in [0.3, 0.4) is 0 Å². The van der Waals surface area contributed by atoms with Crippen molar-refractivity contribution < 1.29 is 9.53 Å². The second kappa shape index (κ2) is 6.21. The van der Waals surface area contributed by atoms with Crippen LogP contribution in [0.1, 0.15) is 12.8 Å². The molecule has 1 rings (SSSR count). The lowest BCUT2D eigenvalue weighted by Crippen LogP contribution is -2.46. The van der Waals surface area contributed by atoms with E-state index < -0.39 is 5.41 Å². The fraction of sp³-hybridized carbons (Fsp3) is 0.538. The Morgan fingerprint density at radius 2 is 1.88 bits per heavy atom. The average molecular weight is 234 g/mol. The minimum Gasteiger partial charge on any atom is -0.381 e. The van der Waals surface area contributed by atoms with Crippen LogP contribution in [0.5, 0.6) is 0 Å². The van der Waals surface area contributed by atoms with Crippen LogP contribution >= 0.6 is 0 Å². The maximum absolute atomic E-state index is 12.4. The summed E-state index contributed by atoms with van der Waals surface area (Å²) in [4.78, 5) is 14.0. The van der Waals surface area contributed by atoms with E-state index in [0.717, 1.165) is 0 Å². The van der Waals surface area contributed by atoms with Gasteiger partial charge in [-0.3, -0.25) is 4.79 Å². The molecule has 0 saturated carbocycles. The van der Waals surface area contributed by atoms with Crippen molar-refractivity contribution in [1.82, 2.24) is 4.90 Å². The van der Waals surface area contributed by atoms with E-state index in [2.05, 4.69) is 19.2 Å². The molecule has 0 aromatic rings. The van der Waals surface area contributed by atoms with Crippen molar-refractivity contribution in [2.75, 3.05) is 26.3 Å². The zero-order valence-corrected chi connectivity index (χ0v) is 10.0. The first-order valence-corrected chi connectivity index (χ1v) is 5.70. The molecule has 0 atom stereocenters. The van der Waals surface area contributed by atoms with Crippen LogP contribution in [-0.2, 0) is 9.53 Å². The first-order valence-electron chi connectivity index (χ1n) is 5.70. The topological polar surface area (TPSA) is 53.3 Å². The van der Waals surface area contributed by atoms with E-state index in [1.807, 2.05) is 0 Å². The largest absolute Gasteiger partial charge is 0.381 e. The number of nitrogens with zero attached hydrogens (tertiary/aromatic N) is 2. The zero-order valence-electron chi connectivity index (χ0n) is 10.0. The summed E-state index contributed by atoms with van der Waals surface area (Å²) in [6.45, 7) is 9.06. The molecule has 1 saturated heterocycles. The van der Waals surface area contributed by atoms with Crippen molar-refractivity contribution in [3.63, 3.8) is 0 Å². The quantitative estimate of drug-likeness (QED) is 0.677. The van der Waals surface area contributed by atoms with Gasteiger partial charge in [-0.1, -0.05) is 12.2 Å². The summed E-state index contributed by atoms with van der Waals surface area (Å²) in [7, 11) is 0. The van der Waals surface area contributed by atoms with E-state index in [1.165, 1.54) is 0 Å². The highest BCUT2D eigenvalue weighted by molar-refractivity contribution is 5.85. The lowest BCUT2D eigenvalue weighted by atomic mass is 9.80. The summed E-state index contributed by atoms with van der Waals surface area (Å²) in [6, 6.07) is 2.17. The maximum Gasteiger partial charge on any atom is 0.243 e. The highest BCUT2D eigenvalue weighted by Crippen LogP contribution is 2.31. The molecule has 0 N–H and O–H groups in total. The van der Waals surface area contributed by atoms with Crippen LogP contribution < -0.4 is 0 Å².